The van der Waals surface area contributed by atoms with E-state index in [4.69, 9.17) is 10.2 Å². The van der Waals surface area contributed by atoms with Crippen LogP contribution in [0.5, 0.6) is 0 Å². The molecule has 2 aromatic carbocycles. The zero-order valence-electron chi connectivity index (χ0n) is 11.6. The Labute approximate surface area is 118 Å². The zero-order chi connectivity index (χ0) is 13.9. The molecule has 3 aromatic rings. The van der Waals surface area contributed by atoms with Crippen molar-refractivity contribution in [3.05, 3.63) is 53.6 Å². The Hall–Kier alpha value is -2.13. The summed E-state index contributed by atoms with van der Waals surface area (Å²) in [5.74, 6) is 0.673. The molecule has 0 aliphatic heterocycles. The molecule has 0 amide bonds. The first kappa shape index (κ1) is 12.9. The second-order valence-corrected chi connectivity index (χ2v) is 4.91. The van der Waals surface area contributed by atoms with Gasteiger partial charge in [-0.15, -0.1) is 0 Å². The monoisotopic (exact) mass is 266 g/mol. The van der Waals surface area contributed by atoms with Gasteiger partial charge >= 0.3 is 0 Å². The average molecular weight is 266 g/mol. The summed E-state index contributed by atoms with van der Waals surface area (Å²) in [6.07, 6.45) is 1.87. The van der Waals surface area contributed by atoms with E-state index in [9.17, 15) is 0 Å². The van der Waals surface area contributed by atoms with Gasteiger partial charge in [0.25, 0.3) is 0 Å². The van der Waals surface area contributed by atoms with E-state index in [1.165, 1.54) is 11.1 Å². The van der Waals surface area contributed by atoms with Crippen molar-refractivity contribution >= 4 is 11.1 Å². The molecule has 0 unspecified atom stereocenters. The standard InChI is InChI=1S/C17H18N2O/c1-2-12-6-7-16-15(11-12)19-17(20-16)14-5-3-4-13(10-14)8-9-18/h3-7,10-11H,2,8-9,18H2,1H3. The second-order valence-electron chi connectivity index (χ2n) is 4.91. The number of nitrogens with zero attached hydrogens (tertiary/aromatic N) is 1. The molecule has 1 aromatic heterocycles. The summed E-state index contributed by atoms with van der Waals surface area (Å²) in [6.45, 7) is 2.79. The quantitative estimate of drug-likeness (QED) is 0.785. The van der Waals surface area contributed by atoms with Gasteiger partial charge in [-0.3, -0.25) is 0 Å². The first-order valence-electron chi connectivity index (χ1n) is 6.99. The van der Waals surface area contributed by atoms with Gasteiger partial charge < -0.3 is 10.2 Å². The molecule has 3 heteroatoms. The van der Waals surface area contributed by atoms with Crippen molar-refractivity contribution in [1.29, 1.82) is 0 Å². The highest BCUT2D eigenvalue weighted by molar-refractivity contribution is 5.77. The van der Waals surface area contributed by atoms with Crippen LogP contribution in [-0.2, 0) is 12.8 Å². The van der Waals surface area contributed by atoms with Crippen LogP contribution in [0.3, 0.4) is 0 Å². The highest BCUT2D eigenvalue weighted by Gasteiger charge is 2.09. The number of aromatic nitrogens is 1. The van der Waals surface area contributed by atoms with Crippen LogP contribution in [0.4, 0.5) is 0 Å². The van der Waals surface area contributed by atoms with Gasteiger partial charge in [0.15, 0.2) is 5.58 Å². The summed E-state index contributed by atoms with van der Waals surface area (Å²) in [7, 11) is 0. The number of rotatable bonds is 4. The van der Waals surface area contributed by atoms with E-state index in [0.29, 0.717) is 12.4 Å². The van der Waals surface area contributed by atoms with Gasteiger partial charge in [0, 0.05) is 5.56 Å². The Morgan fingerprint density at radius 3 is 2.80 bits per heavy atom. The Bertz CT molecular complexity index is 731. The van der Waals surface area contributed by atoms with Crippen LogP contribution in [0.25, 0.3) is 22.6 Å². The third-order valence-corrected chi connectivity index (χ3v) is 3.47. The Kier molecular flexibility index (Phi) is 3.52. The van der Waals surface area contributed by atoms with Gasteiger partial charge in [-0.2, -0.15) is 0 Å². The molecule has 0 aliphatic carbocycles. The van der Waals surface area contributed by atoms with E-state index in [2.05, 4.69) is 36.2 Å². The minimum Gasteiger partial charge on any atom is -0.436 e. The molecular weight excluding hydrogens is 248 g/mol. The maximum Gasteiger partial charge on any atom is 0.227 e. The van der Waals surface area contributed by atoms with Crippen LogP contribution in [0.2, 0.25) is 0 Å². The first-order chi connectivity index (χ1) is 9.80. The molecule has 0 saturated heterocycles. The SMILES string of the molecule is CCc1ccc2oc(-c3cccc(CCN)c3)nc2c1. The van der Waals surface area contributed by atoms with Crippen molar-refractivity contribution in [3.63, 3.8) is 0 Å². The predicted octanol–water partition coefficient (Wildman–Crippen LogP) is 3.56. The number of aryl methyl sites for hydroxylation is 1. The maximum absolute atomic E-state index is 5.84. The molecule has 0 atom stereocenters. The summed E-state index contributed by atoms with van der Waals surface area (Å²) in [6, 6.07) is 14.4. The van der Waals surface area contributed by atoms with Gasteiger partial charge in [-0.1, -0.05) is 25.1 Å². The van der Waals surface area contributed by atoms with E-state index < -0.39 is 0 Å². The summed E-state index contributed by atoms with van der Waals surface area (Å²) in [5.41, 5.74) is 10.8. The van der Waals surface area contributed by atoms with Crippen molar-refractivity contribution in [2.75, 3.05) is 6.54 Å². The smallest absolute Gasteiger partial charge is 0.227 e. The highest BCUT2D eigenvalue weighted by Crippen LogP contribution is 2.25. The number of benzene rings is 2. The molecule has 102 valence electrons. The van der Waals surface area contributed by atoms with Crippen LogP contribution in [0, 0.1) is 0 Å². The van der Waals surface area contributed by atoms with Crippen molar-refractivity contribution in [1.82, 2.24) is 4.98 Å². The molecule has 1 heterocycles. The van der Waals surface area contributed by atoms with E-state index in [0.717, 1.165) is 29.5 Å². The van der Waals surface area contributed by atoms with Crippen molar-refractivity contribution < 1.29 is 4.42 Å². The predicted molar refractivity (Wildman–Crippen MR) is 81.6 cm³/mol. The maximum atomic E-state index is 5.84. The first-order valence-corrected chi connectivity index (χ1v) is 6.99. The Balaban J connectivity index is 2.03. The molecule has 0 saturated carbocycles. The largest absolute Gasteiger partial charge is 0.436 e. The number of oxazole rings is 1. The zero-order valence-corrected chi connectivity index (χ0v) is 11.6. The highest BCUT2D eigenvalue weighted by atomic mass is 16.3. The van der Waals surface area contributed by atoms with Crippen LogP contribution in [0.15, 0.2) is 46.9 Å². The molecule has 2 N–H and O–H groups in total. The second kappa shape index (κ2) is 5.47. The number of hydrogen-bond acceptors (Lipinski definition) is 3. The van der Waals surface area contributed by atoms with E-state index >= 15 is 0 Å². The van der Waals surface area contributed by atoms with Crippen LogP contribution < -0.4 is 5.73 Å². The minimum atomic E-state index is 0.650. The molecule has 3 nitrogen and oxygen atoms in total. The summed E-state index contributed by atoms with van der Waals surface area (Å²) in [4.78, 5) is 4.59. The van der Waals surface area contributed by atoms with Gasteiger partial charge in [0.2, 0.25) is 5.89 Å². The number of nitrogens with two attached hydrogens (primary N) is 1. The fourth-order valence-corrected chi connectivity index (χ4v) is 2.34. The van der Waals surface area contributed by atoms with Crippen molar-refractivity contribution in [3.8, 4) is 11.5 Å². The molecule has 0 radical (unpaired) electrons. The van der Waals surface area contributed by atoms with E-state index in [-0.39, 0.29) is 0 Å². The van der Waals surface area contributed by atoms with E-state index in [1.54, 1.807) is 0 Å². The third-order valence-electron chi connectivity index (χ3n) is 3.47. The van der Waals surface area contributed by atoms with Crippen LogP contribution in [-0.4, -0.2) is 11.5 Å². The molecular formula is C17H18N2O. The molecule has 0 spiro atoms. The summed E-state index contributed by atoms with van der Waals surface area (Å²) < 4.78 is 5.84. The molecule has 0 fully saturated rings. The Morgan fingerprint density at radius 1 is 1.10 bits per heavy atom. The van der Waals surface area contributed by atoms with Gasteiger partial charge in [0.05, 0.1) is 0 Å². The van der Waals surface area contributed by atoms with Crippen molar-refractivity contribution in [2.24, 2.45) is 5.73 Å². The lowest BCUT2D eigenvalue weighted by Crippen LogP contribution is -2.02. The molecule has 3 rings (SSSR count). The molecule has 20 heavy (non-hydrogen) atoms. The normalized spacial score (nSPS) is 11.1. The summed E-state index contributed by atoms with van der Waals surface area (Å²) >= 11 is 0. The van der Waals surface area contributed by atoms with Crippen LogP contribution >= 0.6 is 0 Å². The number of hydrogen-bond donors (Lipinski definition) is 1. The lowest BCUT2D eigenvalue weighted by atomic mass is 10.1. The van der Waals surface area contributed by atoms with Gasteiger partial charge in [0.1, 0.15) is 5.52 Å². The molecule has 0 bridgehead atoms. The van der Waals surface area contributed by atoms with Crippen molar-refractivity contribution in [2.45, 2.75) is 19.8 Å². The third kappa shape index (κ3) is 2.45. The summed E-state index contributed by atoms with van der Waals surface area (Å²) in [5, 5.41) is 0. The average Bonchev–Trinajstić information content (AvgIpc) is 2.90. The lowest BCUT2D eigenvalue weighted by Gasteiger charge is -2.00. The minimum absolute atomic E-state index is 0.650. The number of fused-ring (bicyclic) bond motifs is 1. The van der Waals surface area contributed by atoms with Gasteiger partial charge in [-0.05, 0) is 54.8 Å². The van der Waals surface area contributed by atoms with E-state index in [1.807, 2.05) is 18.2 Å². The fourth-order valence-electron chi connectivity index (χ4n) is 2.34. The van der Waals surface area contributed by atoms with Gasteiger partial charge in [-0.25, -0.2) is 4.98 Å². The lowest BCUT2D eigenvalue weighted by molar-refractivity contribution is 0.619. The fraction of sp³-hybridized carbons (Fsp3) is 0.235. The molecule has 0 aliphatic rings. The Morgan fingerprint density at radius 2 is 2.00 bits per heavy atom. The topological polar surface area (TPSA) is 52.0 Å². The van der Waals surface area contributed by atoms with Crippen LogP contribution in [0.1, 0.15) is 18.1 Å².